The van der Waals surface area contributed by atoms with Crippen molar-refractivity contribution in [3.63, 3.8) is 0 Å². The number of ether oxygens (including phenoxy) is 1. The van der Waals surface area contributed by atoms with E-state index in [1.54, 1.807) is 43.3 Å². The lowest BCUT2D eigenvalue weighted by Crippen LogP contribution is -2.06. The van der Waals surface area contributed by atoms with Crippen molar-refractivity contribution in [3.8, 4) is 17.1 Å². The van der Waals surface area contributed by atoms with E-state index >= 15 is 0 Å². The highest BCUT2D eigenvalue weighted by atomic mass is 35.5. The van der Waals surface area contributed by atoms with Crippen LogP contribution in [-0.4, -0.2) is 16.1 Å². The molecule has 5 nitrogen and oxygen atoms in total. The molecule has 0 aliphatic carbocycles. The average Bonchev–Trinajstić information content (AvgIpc) is 3.08. The highest BCUT2D eigenvalue weighted by Gasteiger charge is 2.12. The van der Waals surface area contributed by atoms with Crippen LogP contribution in [0.25, 0.3) is 11.4 Å². The fourth-order valence-corrected chi connectivity index (χ4v) is 2.59. The number of thiophene rings is 1. The maximum atomic E-state index is 11.9. The quantitative estimate of drug-likeness (QED) is 0.539. The van der Waals surface area contributed by atoms with Gasteiger partial charge in [-0.1, -0.05) is 16.8 Å². The number of rotatable bonds is 3. The second-order valence-corrected chi connectivity index (χ2v) is 5.87. The molecule has 0 aliphatic heterocycles. The number of hydrogen-bond donors (Lipinski definition) is 0. The smallest absolute Gasteiger partial charge is 0.353 e. The van der Waals surface area contributed by atoms with Crippen LogP contribution in [0.2, 0.25) is 4.34 Å². The Hall–Kier alpha value is -2.18. The van der Waals surface area contributed by atoms with Crippen molar-refractivity contribution in [2.75, 3.05) is 0 Å². The molecular weight excluding hydrogens is 312 g/mol. The molecule has 2 heterocycles. The summed E-state index contributed by atoms with van der Waals surface area (Å²) >= 11 is 6.96. The van der Waals surface area contributed by atoms with Crippen molar-refractivity contribution in [2.45, 2.75) is 6.92 Å². The van der Waals surface area contributed by atoms with Crippen molar-refractivity contribution in [3.05, 3.63) is 51.5 Å². The zero-order chi connectivity index (χ0) is 14.8. The van der Waals surface area contributed by atoms with Crippen molar-refractivity contribution in [1.29, 1.82) is 0 Å². The van der Waals surface area contributed by atoms with E-state index in [0.717, 1.165) is 5.56 Å². The van der Waals surface area contributed by atoms with Gasteiger partial charge in [-0.05, 0) is 36.4 Å². The molecule has 106 valence electrons. The topological polar surface area (TPSA) is 65.2 Å². The Morgan fingerprint density at radius 2 is 2.00 bits per heavy atom. The maximum Gasteiger partial charge on any atom is 0.353 e. The van der Waals surface area contributed by atoms with Gasteiger partial charge in [-0.15, -0.1) is 11.3 Å². The molecule has 0 amide bonds. The molecule has 0 saturated carbocycles. The second-order valence-electron chi connectivity index (χ2n) is 4.15. The summed E-state index contributed by atoms with van der Waals surface area (Å²) in [6.07, 6.45) is 0. The normalized spacial score (nSPS) is 10.6. The Morgan fingerprint density at radius 1 is 1.24 bits per heavy atom. The van der Waals surface area contributed by atoms with Gasteiger partial charge in [-0.3, -0.25) is 0 Å². The molecule has 1 aromatic carbocycles. The fraction of sp³-hybridized carbons (Fsp3) is 0.0714. The lowest BCUT2D eigenvalue weighted by Gasteiger charge is -2.02. The van der Waals surface area contributed by atoms with Crippen LogP contribution in [0.3, 0.4) is 0 Å². The van der Waals surface area contributed by atoms with E-state index in [-0.39, 0.29) is 0 Å². The molecule has 0 radical (unpaired) electrons. The molecule has 0 atom stereocenters. The highest BCUT2D eigenvalue weighted by molar-refractivity contribution is 7.17. The van der Waals surface area contributed by atoms with Crippen LogP contribution in [0, 0.1) is 6.92 Å². The van der Waals surface area contributed by atoms with Crippen molar-refractivity contribution in [2.24, 2.45) is 0 Å². The third-order valence-electron chi connectivity index (χ3n) is 2.63. The standard InChI is InChI=1S/C14H9ClN2O3S/c1-8-16-13(17-20-8)9-2-4-10(5-3-9)19-14(18)11-6-7-12(15)21-11/h2-7H,1H3. The lowest BCUT2D eigenvalue weighted by atomic mass is 10.2. The van der Waals surface area contributed by atoms with Gasteiger partial charge in [0.05, 0.1) is 4.34 Å². The van der Waals surface area contributed by atoms with E-state index in [1.807, 2.05) is 0 Å². The third-order valence-corrected chi connectivity index (χ3v) is 3.84. The van der Waals surface area contributed by atoms with Crippen LogP contribution in [0.15, 0.2) is 40.9 Å². The summed E-state index contributed by atoms with van der Waals surface area (Å²) in [5.74, 6) is 0.994. The Kier molecular flexibility index (Phi) is 3.72. The van der Waals surface area contributed by atoms with Gasteiger partial charge in [0, 0.05) is 12.5 Å². The van der Waals surface area contributed by atoms with Crippen molar-refractivity contribution >= 4 is 28.9 Å². The van der Waals surface area contributed by atoms with E-state index in [0.29, 0.717) is 26.7 Å². The van der Waals surface area contributed by atoms with Gasteiger partial charge >= 0.3 is 5.97 Å². The van der Waals surface area contributed by atoms with Crippen LogP contribution in [0.1, 0.15) is 15.6 Å². The van der Waals surface area contributed by atoms with E-state index in [9.17, 15) is 4.79 Å². The van der Waals surface area contributed by atoms with Crippen LogP contribution < -0.4 is 4.74 Å². The first-order chi connectivity index (χ1) is 10.1. The van der Waals surface area contributed by atoms with Gasteiger partial charge < -0.3 is 9.26 Å². The minimum absolute atomic E-state index is 0.435. The first-order valence-corrected chi connectivity index (χ1v) is 7.19. The summed E-state index contributed by atoms with van der Waals surface area (Å²) in [7, 11) is 0. The second kappa shape index (κ2) is 5.67. The zero-order valence-electron chi connectivity index (χ0n) is 10.9. The summed E-state index contributed by atoms with van der Waals surface area (Å²) in [6, 6.07) is 10.2. The van der Waals surface area contributed by atoms with Crippen LogP contribution >= 0.6 is 22.9 Å². The first-order valence-electron chi connectivity index (χ1n) is 6.00. The Bertz CT molecular complexity index is 780. The van der Waals surface area contributed by atoms with Crippen molar-refractivity contribution in [1.82, 2.24) is 10.1 Å². The predicted octanol–water partition coefficient (Wildman–Crippen LogP) is 3.98. The first kappa shape index (κ1) is 13.8. The summed E-state index contributed by atoms with van der Waals surface area (Å²) in [4.78, 5) is 16.5. The minimum Gasteiger partial charge on any atom is -0.422 e. The molecule has 0 bridgehead atoms. The molecule has 21 heavy (non-hydrogen) atoms. The molecule has 2 aromatic heterocycles. The van der Waals surface area contributed by atoms with Gasteiger partial charge in [0.25, 0.3) is 0 Å². The number of nitrogens with zero attached hydrogens (tertiary/aromatic N) is 2. The molecule has 3 rings (SSSR count). The van der Waals surface area contributed by atoms with Gasteiger partial charge in [0.2, 0.25) is 11.7 Å². The van der Waals surface area contributed by atoms with E-state index < -0.39 is 5.97 Å². The van der Waals surface area contributed by atoms with Gasteiger partial charge in [-0.2, -0.15) is 4.98 Å². The number of aryl methyl sites for hydroxylation is 1. The molecule has 0 fully saturated rings. The average molecular weight is 321 g/mol. The van der Waals surface area contributed by atoms with Gasteiger partial charge in [0.1, 0.15) is 10.6 Å². The molecule has 0 unspecified atom stereocenters. The maximum absolute atomic E-state index is 11.9. The molecule has 7 heteroatoms. The number of hydrogen-bond acceptors (Lipinski definition) is 6. The molecular formula is C14H9ClN2O3S. The number of esters is 1. The SMILES string of the molecule is Cc1nc(-c2ccc(OC(=O)c3ccc(Cl)s3)cc2)no1. The molecule has 0 spiro atoms. The Labute approximate surface area is 129 Å². The number of aromatic nitrogens is 2. The minimum atomic E-state index is -0.435. The number of carbonyl (C=O) groups is 1. The number of benzene rings is 1. The summed E-state index contributed by atoms with van der Waals surface area (Å²) in [6.45, 7) is 1.72. The summed E-state index contributed by atoms with van der Waals surface area (Å²) in [5.41, 5.74) is 0.783. The van der Waals surface area contributed by atoms with E-state index in [4.69, 9.17) is 20.9 Å². The molecule has 0 saturated heterocycles. The van der Waals surface area contributed by atoms with Crippen LogP contribution in [0.5, 0.6) is 5.75 Å². The van der Waals surface area contributed by atoms with E-state index in [1.165, 1.54) is 11.3 Å². The van der Waals surface area contributed by atoms with Crippen LogP contribution in [-0.2, 0) is 0 Å². The van der Waals surface area contributed by atoms with Crippen molar-refractivity contribution < 1.29 is 14.1 Å². The van der Waals surface area contributed by atoms with Crippen LogP contribution in [0.4, 0.5) is 0 Å². The van der Waals surface area contributed by atoms with E-state index in [2.05, 4.69) is 10.1 Å². The largest absolute Gasteiger partial charge is 0.422 e. The summed E-state index contributed by atoms with van der Waals surface area (Å²) in [5, 5.41) is 3.82. The number of carbonyl (C=O) groups excluding carboxylic acids is 1. The Balaban J connectivity index is 1.74. The predicted molar refractivity (Wildman–Crippen MR) is 78.8 cm³/mol. The van der Waals surface area contributed by atoms with Gasteiger partial charge in [0.15, 0.2) is 0 Å². The molecule has 3 aromatic rings. The number of halogens is 1. The third kappa shape index (κ3) is 3.12. The monoisotopic (exact) mass is 320 g/mol. The molecule has 0 aliphatic rings. The molecule has 0 N–H and O–H groups in total. The lowest BCUT2D eigenvalue weighted by molar-refractivity contribution is 0.0740. The van der Waals surface area contributed by atoms with Gasteiger partial charge in [-0.25, -0.2) is 4.79 Å². The summed E-state index contributed by atoms with van der Waals surface area (Å²) < 4.78 is 10.7. The Morgan fingerprint density at radius 3 is 2.57 bits per heavy atom. The highest BCUT2D eigenvalue weighted by Crippen LogP contribution is 2.24. The fourth-order valence-electron chi connectivity index (χ4n) is 1.67. The zero-order valence-corrected chi connectivity index (χ0v) is 12.4.